The van der Waals surface area contributed by atoms with E-state index in [0.717, 1.165) is 43.4 Å². The van der Waals surface area contributed by atoms with Gasteiger partial charge in [0.15, 0.2) is 0 Å². The van der Waals surface area contributed by atoms with Crippen molar-refractivity contribution in [3.05, 3.63) is 83.7 Å². The highest BCUT2D eigenvalue weighted by Crippen LogP contribution is 2.41. The van der Waals surface area contributed by atoms with Gasteiger partial charge in [0.05, 0.1) is 7.11 Å². The summed E-state index contributed by atoms with van der Waals surface area (Å²) in [5, 5.41) is 0. The maximum atomic E-state index is 12.5. The van der Waals surface area contributed by atoms with E-state index >= 15 is 0 Å². The molecule has 3 nitrogen and oxygen atoms in total. The number of carbonyl (C=O) groups is 1. The molecule has 0 aromatic rings. The van der Waals surface area contributed by atoms with E-state index in [0.29, 0.717) is 24.2 Å². The summed E-state index contributed by atoms with van der Waals surface area (Å²) in [5.74, 6) is 2.32. The molecule has 0 heterocycles. The standard InChI is InChI=1S/C31H45NO2/c1-9-11-14-25(10-2)23(4)19-27(16-17-31(33)32(6)7)29-20-28(21-30(34-8)24(29)5)26-15-12-13-22(3)18-26/h9-11,15,18,20-21,23,25,27,29H,2,5,12-14,16-17,19H2,1,3-4,6-8H3. The second-order valence-electron chi connectivity index (χ2n) is 10.1. The maximum Gasteiger partial charge on any atom is 0.222 e. The normalized spacial score (nSPS) is 21.1. The largest absolute Gasteiger partial charge is 0.496 e. The Hall–Kier alpha value is -2.55. The molecule has 0 radical (unpaired) electrons. The van der Waals surface area contributed by atoms with Gasteiger partial charge in [0.1, 0.15) is 5.76 Å². The summed E-state index contributed by atoms with van der Waals surface area (Å²) in [7, 11) is 5.39. The van der Waals surface area contributed by atoms with Crippen molar-refractivity contribution in [1.29, 1.82) is 0 Å². The molecule has 0 fully saturated rings. The zero-order valence-electron chi connectivity index (χ0n) is 22.3. The van der Waals surface area contributed by atoms with Crippen molar-refractivity contribution in [2.24, 2.45) is 23.7 Å². The van der Waals surface area contributed by atoms with Crippen LogP contribution in [-0.2, 0) is 9.53 Å². The third-order valence-corrected chi connectivity index (χ3v) is 7.31. The van der Waals surface area contributed by atoms with E-state index in [9.17, 15) is 4.79 Å². The first-order valence-corrected chi connectivity index (χ1v) is 12.7. The molecular formula is C31H45NO2. The Balaban J connectivity index is 2.39. The molecule has 0 saturated carbocycles. The molecule has 2 aliphatic rings. The highest BCUT2D eigenvalue weighted by atomic mass is 16.5. The van der Waals surface area contributed by atoms with Crippen LogP contribution in [0.1, 0.15) is 59.3 Å². The minimum atomic E-state index is 0.135. The summed E-state index contributed by atoms with van der Waals surface area (Å²) in [6.45, 7) is 15.1. The lowest BCUT2D eigenvalue weighted by Crippen LogP contribution is -2.27. The van der Waals surface area contributed by atoms with E-state index in [4.69, 9.17) is 4.74 Å². The highest BCUT2D eigenvalue weighted by Gasteiger charge is 2.31. The number of hydrogen-bond acceptors (Lipinski definition) is 2. The van der Waals surface area contributed by atoms with E-state index in [1.807, 2.05) is 14.1 Å². The molecule has 0 bridgehead atoms. The highest BCUT2D eigenvalue weighted by molar-refractivity contribution is 5.75. The molecule has 3 heteroatoms. The molecule has 0 aromatic carbocycles. The molecule has 4 unspecified atom stereocenters. The van der Waals surface area contributed by atoms with Crippen LogP contribution >= 0.6 is 0 Å². The fourth-order valence-electron chi connectivity index (χ4n) is 5.07. The molecular weight excluding hydrogens is 418 g/mol. The van der Waals surface area contributed by atoms with Gasteiger partial charge in [0.2, 0.25) is 5.91 Å². The Morgan fingerprint density at radius 3 is 2.62 bits per heavy atom. The molecule has 34 heavy (non-hydrogen) atoms. The van der Waals surface area contributed by atoms with Crippen LogP contribution in [0.4, 0.5) is 0 Å². The number of hydrogen-bond donors (Lipinski definition) is 0. The van der Waals surface area contributed by atoms with Gasteiger partial charge in [-0.3, -0.25) is 4.79 Å². The fraction of sp³-hybridized carbons (Fsp3) is 0.516. The number of amides is 1. The van der Waals surface area contributed by atoms with Crippen molar-refractivity contribution in [2.75, 3.05) is 21.2 Å². The van der Waals surface area contributed by atoms with Crippen molar-refractivity contribution >= 4 is 5.91 Å². The van der Waals surface area contributed by atoms with Crippen LogP contribution in [0.5, 0.6) is 0 Å². The van der Waals surface area contributed by atoms with Crippen LogP contribution in [0.2, 0.25) is 0 Å². The molecule has 0 spiro atoms. The lowest BCUT2D eigenvalue weighted by Gasteiger charge is -2.34. The van der Waals surface area contributed by atoms with Crippen LogP contribution in [-0.4, -0.2) is 32.0 Å². The third kappa shape index (κ3) is 7.48. The van der Waals surface area contributed by atoms with Crippen molar-refractivity contribution in [3.8, 4) is 0 Å². The van der Waals surface area contributed by atoms with Crippen LogP contribution < -0.4 is 0 Å². The van der Waals surface area contributed by atoms with Crippen molar-refractivity contribution in [3.63, 3.8) is 0 Å². The topological polar surface area (TPSA) is 29.5 Å². The number of carbonyl (C=O) groups excluding carboxylic acids is 1. The van der Waals surface area contributed by atoms with Crippen LogP contribution in [0.25, 0.3) is 0 Å². The fourth-order valence-corrected chi connectivity index (χ4v) is 5.07. The summed E-state index contributed by atoms with van der Waals surface area (Å²) in [6.07, 6.45) is 21.1. The molecule has 4 atom stereocenters. The SMILES string of the molecule is C=CC(CC=CC)C(C)CC(CCC(=O)N(C)C)C1C=C(C2=CCCC(C)=C2)C=C(OC)C1=C. The van der Waals surface area contributed by atoms with E-state index in [1.165, 1.54) is 16.7 Å². The van der Waals surface area contributed by atoms with Gasteiger partial charge in [-0.05, 0) is 86.5 Å². The van der Waals surface area contributed by atoms with E-state index in [2.05, 4.69) is 76.5 Å². The minimum Gasteiger partial charge on any atom is -0.496 e. The van der Waals surface area contributed by atoms with Crippen molar-refractivity contribution in [1.82, 2.24) is 4.90 Å². The van der Waals surface area contributed by atoms with E-state index in [-0.39, 0.29) is 11.8 Å². The summed E-state index contributed by atoms with van der Waals surface area (Å²) < 4.78 is 5.79. The van der Waals surface area contributed by atoms with Gasteiger partial charge in [-0.25, -0.2) is 0 Å². The Kier molecular flexibility index (Phi) is 10.9. The molecule has 0 N–H and O–H groups in total. The summed E-state index contributed by atoms with van der Waals surface area (Å²) in [5.41, 5.74) is 4.90. The monoisotopic (exact) mass is 463 g/mol. The summed E-state index contributed by atoms with van der Waals surface area (Å²) >= 11 is 0. The summed E-state index contributed by atoms with van der Waals surface area (Å²) in [4.78, 5) is 14.2. The molecule has 0 saturated heterocycles. The van der Waals surface area contributed by atoms with Crippen molar-refractivity contribution in [2.45, 2.75) is 59.3 Å². The van der Waals surface area contributed by atoms with Crippen LogP contribution in [0, 0.1) is 23.7 Å². The van der Waals surface area contributed by atoms with Gasteiger partial charge >= 0.3 is 0 Å². The Labute approximate surface area is 208 Å². The third-order valence-electron chi connectivity index (χ3n) is 7.31. The second kappa shape index (κ2) is 13.4. The zero-order valence-corrected chi connectivity index (χ0v) is 22.3. The first-order chi connectivity index (χ1) is 16.2. The maximum absolute atomic E-state index is 12.5. The number of nitrogens with zero attached hydrogens (tertiary/aromatic N) is 1. The first-order valence-electron chi connectivity index (χ1n) is 12.7. The van der Waals surface area contributed by atoms with Gasteiger partial charge < -0.3 is 9.64 Å². The second-order valence-corrected chi connectivity index (χ2v) is 10.1. The Morgan fingerprint density at radius 1 is 1.29 bits per heavy atom. The molecule has 186 valence electrons. The van der Waals surface area contributed by atoms with Gasteiger partial charge in [-0.15, -0.1) is 6.58 Å². The van der Waals surface area contributed by atoms with Gasteiger partial charge in [0, 0.05) is 26.4 Å². The predicted molar refractivity (Wildman–Crippen MR) is 145 cm³/mol. The molecule has 1 amide bonds. The molecule has 2 rings (SSSR count). The number of methoxy groups -OCH3 is 1. The van der Waals surface area contributed by atoms with Crippen LogP contribution in [0.15, 0.2) is 83.7 Å². The zero-order chi connectivity index (χ0) is 25.3. The Bertz CT molecular complexity index is 896. The van der Waals surface area contributed by atoms with Gasteiger partial charge in [0.25, 0.3) is 0 Å². The number of ether oxygens (including phenoxy) is 1. The number of rotatable bonds is 12. The molecule has 0 aromatic heterocycles. The van der Waals surface area contributed by atoms with Crippen molar-refractivity contribution < 1.29 is 9.53 Å². The van der Waals surface area contributed by atoms with Gasteiger partial charge in [-0.2, -0.15) is 0 Å². The average molecular weight is 464 g/mol. The molecule has 2 aliphatic carbocycles. The quantitative estimate of drug-likeness (QED) is 0.279. The van der Waals surface area contributed by atoms with E-state index < -0.39 is 0 Å². The molecule has 0 aliphatic heterocycles. The first kappa shape index (κ1) is 27.7. The predicted octanol–water partition coefficient (Wildman–Crippen LogP) is 7.57. The van der Waals surface area contributed by atoms with Gasteiger partial charge in [-0.1, -0.05) is 55.5 Å². The lowest BCUT2D eigenvalue weighted by atomic mass is 9.72. The average Bonchev–Trinajstić information content (AvgIpc) is 2.82. The smallest absolute Gasteiger partial charge is 0.222 e. The van der Waals surface area contributed by atoms with Crippen LogP contribution in [0.3, 0.4) is 0 Å². The minimum absolute atomic E-state index is 0.135. The summed E-state index contributed by atoms with van der Waals surface area (Å²) in [6, 6.07) is 0. The number of allylic oxidation sites excluding steroid dienone is 11. The lowest BCUT2D eigenvalue weighted by molar-refractivity contribution is -0.129. The van der Waals surface area contributed by atoms with E-state index in [1.54, 1.807) is 12.0 Å². The Morgan fingerprint density at radius 2 is 2.03 bits per heavy atom.